The lowest BCUT2D eigenvalue weighted by atomic mass is 10.1. The lowest BCUT2D eigenvalue weighted by Crippen LogP contribution is -2.45. The Balaban J connectivity index is 3.72. The zero-order valence-corrected chi connectivity index (χ0v) is 27.8. The van der Waals surface area contributed by atoms with Gasteiger partial charge in [-0.25, -0.2) is 0 Å². The number of aliphatic hydroxyl groups is 2. The molecule has 2 unspecified atom stereocenters. The first-order chi connectivity index (χ1) is 20.7. The Morgan fingerprint density at radius 3 is 1.40 bits per heavy atom. The Kier molecular flexibility index (Phi) is 32.5. The zero-order chi connectivity index (χ0) is 30.8. The maximum absolute atomic E-state index is 12.2. The predicted octanol–water partition coefficient (Wildman–Crippen LogP) is 10.5. The largest absolute Gasteiger partial charge is 0.394 e. The second-order valence-corrected chi connectivity index (χ2v) is 11.9. The van der Waals surface area contributed by atoms with Gasteiger partial charge < -0.3 is 15.5 Å². The SMILES string of the molecule is CCCCCC/C=C\CCCC(=O)NC(CO)C(O)/C=C/CC/C=C/CC/C=C/CCCCCCCCCCCCC. The van der Waals surface area contributed by atoms with Crippen LogP contribution in [-0.2, 0) is 4.79 Å². The van der Waals surface area contributed by atoms with Crippen LogP contribution in [-0.4, -0.2) is 34.9 Å². The van der Waals surface area contributed by atoms with Crippen LogP contribution < -0.4 is 5.32 Å². The highest BCUT2D eigenvalue weighted by atomic mass is 16.3. The Labute approximate surface area is 261 Å². The van der Waals surface area contributed by atoms with Gasteiger partial charge in [0.15, 0.2) is 0 Å². The van der Waals surface area contributed by atoms with Gasteiger partial charge in [-0.1, -0.05) is 146 Å². The molecule has 0 bridgehead atoms. The van der Waals surface area contributed by atoms with Crippen LogP contribution in [0.5, 0.6) is 0 Å². The second-order valence-electron chi connectivity index (χ2n) is 11.9. The molecule has 0 spiro atoms. The first-order valence-corrected chi connectivity index (χ1v) is 17.9. The molecule has 0 heterocycles. The smallest absolute Gasteiger partial charge is 0.220 e. The third kappa shape index (κ3) is 29.8. The van der Waals surface area contributed by atoms with Gasteiger partial charge in [0.1, 0.15) is 0 Å². The molecule has 0 aromatic carbocycles. The highest BCUT2D eigenvalue weighted by Crippen LogP contribution is 2.12. The van der Waals surface area contributed by atoms with Crippen LogP contribution in [0.15, 0.2) is 48.6 Å². The van der Waals surface area contributed by atoms with Crippen molar-refractivity contribution in [3.8, 4) is 0 Å². The predicted molar refractivity (Wildman–Crippen MR) is 184 cm³/mol. The molecule has 0 radical (unpaired) electrons. The van der Waals surface area contributed by atoms with Crippen molar-refractivity contribution in [2.75, 3.05) is 6.61 Å². The lowest BCUT2D eigenvalue weighted by molar-refractivity contribution is -0.122. The highest BCUT2D eigenvalue weighted by molar-refractivity contribution is 5.76. The van der Waals surface area contributed by atoms with Gasteiger partial charge >= 0.3 is 0 Å². The number of allylic oxidation sites excluding steroid dienone is 7. The molecule has 244 valence electrons. The summed E-state index contributed by atoms with van der Waals surface area (Å²) in [4.78, 5) is 12.2. The van der Waals surface area contributed by atoms with Gasteiger partial charge in [0.2, 0.25) is 5.91 Å². The van der Waals surface area contributed by atoms with Gasteiger partial charge in [-0.05, 0) is 64.2 Å². The Hall–Kier alpha value is -1.65. The molecule has 0 rings (SSSR count). The van der Waals surface area contributed by atoms with E-state index in [2.05, 4.69) is 55.6 Å². The lowest BCUT2D eigenvalue weighted by Gasteiger charge is -2.19. The van der Waals surface area contributed by atoms with Gasteiger partial charge in [0, 0.05) is 6.42 Å². The van der Waals surface area contributed by atoms with Crippen LogP contribution >= 0.6 is 0 Å². The van der Waals surface area contributed by atoms with E-state index in [1.165, 1.54) is 103 Å². The number of unbranched alkanes of at least 4 members (excludes halogenated alkanes) is 18. The highest BCUT2D eigenvalue weighted by Gasteiger charge is 2.17. The van der Waals surface area contributed by atoms with Crippen molar-refractivity contribution in [1.82, 2.24) is 5.32 Å². The van der Waals surface area contributed by atoms with Crippen LogP contribution in [0.4, 0.5) is 0 Å². The average molecular weight is 588 g/mol. The van der Waals surface area contributed by atoms with Crippen molar-refractivity contribution >= 4 is 5.91 Å². The number of amides is 1. The molecule has 2 atom stereocenters. The van der Waals surface area contributed by atoms with Crippen molar-refractivity contribution < 1.29 is 15.0 Å². The number of hydrogen-bond donors (Lipinski definition) is 3. The second kappa shape index (κ2) is 33.8. The molecule has 0 saturated carbocycles. The summed E-state index contributed by atoms with van der Waals surface area (Å²) < 4.78 is 0. The van der Waals surface area contributed by atoms with Gasteiger partial charge in [0.05, 0.1) is 18.8 Å². The standard InChI is InChI=1S/C38H69NO3/c1-3-5-7-9-11-13-14-15-16-17-18-19-20-21-22-23-24-26-27-29-31-33-37(41)36(35-40)39-38(42)34-32-30-28-25-12-10-8-6-4-2/h20-21,24-26,28,31,33,36-37,40-41H,3-19,22-23,27,29-30,32,34-35H2,1-2H3,(H,39,42)/b21-20+,26-24+,28-25-,33-31+. The van der Waals surface area contributed by atoms with Gasteiger partial charge in [-0.15, -0.1) is 0 Å². The summed E-state index contributed by atoms with van der Waals surface area (Å²) >= 11 is 0. The number of carbonyl (C=O) groups is 1. The molecule has 3 N–H and O–H groups in total. The number of aliphatic hydroxyl groups excluding tert-OH is 2. The van der Waals surface area contributed by atoms with E-state index in [9.17, 15) is 15.0 Å². The number of carbonyl (C=O) groups excluding carboxylic acids is 1. The summed E-state index contributed by atoms with van der Waals surface area (Å²) in [5.74, 6) is -0.117. The molecule has 0 aromatic heterocycles. The van der Waals surface area contributed by atoms with E-state index in [1.807, 2.05) is 6.08 Å². The van der Waals surface area contributed by atoms with Gasteiger partial charge in [0.25, 0.3) is 0 Å². The van der Waals surface area contributed by atoms with Gasteiger partial charge in [-0.3, -0.25) is 4.79 Å². The van der Waals surface area contributed by atoms with Crippen molar-refractivity contribution in [1.29, 1.82) is 0 Å². The molecule has 1 amide bonds. The Morgan fingerprint density at radius 2 is 0.929 bits per heavy atom. The molecule has 0 aliphatic carbocycles. The number of hydrogen-bond acceptors (Lipinski definition) is 3. The topological polar surface area (TPSA) is 69.6 Å². The van der Waals surface area contributed by atoms with E-state index in [0.717, 1.165) is 44.9 Å². The van der Waals surface area contributed by atoms with Crippen LogP contribution in [0.3, 0.4) is 0 Å². The molecule has 0 aliphatic rings. The maximum atomic E-state index is 12.2. The molecule has 42 heavy (non-hydrogen) atoms. The first-order valence-electron chi connectivity index (χ1n) is 17.9. The van der Waals surface area contributed by atoms with Crippen molar-refractivity contribution in [3.05, 3.63) is 48.6 Å². The van der Waals surface area contributed by atoms with Crippen molar-refractivity contribution in [2.45, 2.75) is 180 Å². The summed E-state index contributed by atoms with van der Waals surface area (Å²) in [5.41, 5.74) is 0. The summed E-state index contributed by atoms with van der Waals surface area (Å²) in [5, 5.41) is 22.7. The minimum atomic E-state index is -0.878. The average Bonchev–Trinajstić information content (AvgIpc) is 2.99. The fraction of sp³-hybridized carbons (Fsp3) is 0.763. The third-order valence-electron chi connectivity index (χ3n) is 7.76. The van der Waals surface area contributed by atoms with Crippen molar-refractivity contribution in [2.24, 2.45) is 0 Å². The quantitative estimate of drug-likeness (QED) is 0.0558. The van der Waals surface area contributed by atoms with E-state index < -0.39 is 12.1 Å². The summed E-state index contributed by atoms with van der Waals surface area (Å²) in [6, 6.07) is -0.657. The minimum absolute atomic E-state index is 0.117. The fourth-order valence-electron chi connectivity index (χ4n) is 4.98. The summed E-state index contributed by atoms with van der Waals surface area (Å²) in [6.07, 6.45) is 45.0. The first kappa shape index (κ1) is 40.4. The molecule has 0 saturated heterocycles. The van der Waals surface area contributed by atoms with Gasteiger partial charge in [-0.2, -0.15) is 0 Å². The summed E-state index contributed by atoms with van der Waals surface area (Å²) in [7, 11) is 0. The zero-order valence-electron chi connectivity index (χ0n) is 27.8. The van der Waals surface area contributed by atoms with Crippen LogP contribution in [0.25, 0.3) is 0 Å². The molecule has 0 aromatic rings. The number of nitrogens with one attached hydrogen (secondary N) is 1. The summed E-state index contributed by atoms with van der Waals surface area (Å²) in [6.45, 7) is 4.22. The van der Waals surface area contributed by atoms with E-state index in [4.69, 9.17) is 0 Å². The fourth-order valence-corrected chi connectivity index (χ4v) is 4.98. The maximum Gasteiger partial charge on any atom is 0.220 e. The Bertz CT molecular complexity index is 682. The normalized spacial score (nSPS) is 13.7. The monoisotopic (exact) mass is 588 g/mol. The Morgan fingerprint density at radius 1 is 0.548 bits per heavy atom. The molecule has 4 heteroatoms. The van der Waals surface area contributed by atoms with E-state index in [1.54, 1.807) is 6.08 Å². The molecule has 0 fully saturated rings. The van der Waals surface area contributed by atoms with Crippen molar-refractivity contribution in [3.63, 3.8) is 0 Å². The number of rotatable bonds is 31. The minimum Gasteiger partial charge on any atom is -0.394 e. The molecular weight excluding hydrogens is 518 g/mol. The molecule has 4 nitrogen and oxygen atoms in total. The molecular formula is C38H69NO3. The van der Waals surface area contributed by atoms with E-state index in [0.29, 0.717) is 6.42 Å². The van der Waals surface area contributed by atoms with E-state index in [-0.39, 0.29) is 12.5 Å². The van der Waals surface area contributed by atoms with E-state index >= 15 is 0 Å². The van der Waals surface area contributed by atoms with Crippen LogP contribution in [0.1, 0.15) is 168 Å². The molecule has 0 aliphatic heterocycles. The van der Waals surface area contributed by atoms with Crippen LogP contribution in [0.2, 0.25) is 0 Å². The van der Waals surface area contributed by atoms with Crippen LogP contribution in [0, 0.1) is 0 Å². The third-order valence-corrected chi connectivity index (χ3v) is 7.76.